The summed E-state index contributed by atoms with van der Waals surface area (Å²) in [6.07, 6.45) is 1.54. The van der Waals surface area contributed by atoms with Gasteiger partial charge in [-0.15, -0.1) is 0 Å². The zero-order valence-electron chi connectivity index (χ0n) is 13.4. The van der Waals surface area contributed by atoms with Crippen molar-refractivity contribution < 1.29 is 18.8 Å². The van der Waals surface area contributed by atoms with Crippen LogP contribution in [0.2, 0.25) is 0 Å². The van der Waals surface area contributed by atoms with E-state index in [1.54, 1.807) is 48.2 Å². The quantitative estimate of drug-likeness (QED) is 0.647. The van der Waals surface area contributed by atoms with E-state index < -0.39 is 17.7 Å². The summed E-state index contributed by atoms with van der Waals surface area (Å²) in [5.41, 5.74) is 7.68. The molecule has 0 atom stereocenters. The summed E-state index contributed by atoms with van der Waals surface area (Å²) in [5, 5.41) is 5.14. The second kappa shape index (κ2) is 6.52. The van der Waals surface area contributed by atoms with Crippen LogP contribution in [0.1, 0.15) is 20.8 Å². The van der Waals surface area contributed by atoms with Crippen molar-refractivity contribution in [1.82, 2.24) is 9.88 Å². The first-order chi connectivity index (χ1) is 12.0. The number of furan rings is 1. The van der Waals surface area contributed by atoms with Gasteiger partial charge >= 0.3 is 0 Å². The minimum absolute atomic E-state index is 0.216. The first-order valence-electron chi connectivity index (χ1n) is 7.46. The molecule has 0 bridgehead atoms. The molecule has 0 aliphatic rings. The summed E-state index contributed by atoms with van der Waals surface area (Å²) in [6.45, 7) is -0.216. The Morgan fingerprint density at radius 1 is 1.20 bits per heavy atom. The van der Waals surface area contributed by atoms with Crippen LogP contribution in [0.5, 0.6) is 0 Å². The predicted octanol–water partition coefficient (Wildman–Crippen LogP) is 1.24. The van der Waals surface area contributed by atoms with Crippen LogP contribution in [0.3, 0.4) is 0 Å². The molecular formula is C17H16N4O4. The fraction of sp³-hybridized carbons (Fsp3) is 0.118. The van der Waals surface area contributed by atoms with E-state index in [-0.39, 0.29) is 12.1 Å². The van der Waals surface area contributed by atoms with Crippen molar-refractivity contribution in [3.05, 3.63) is 53.9 Å². The number of aromatic nitrogens is 1. The third-order valence-corrected chi connectivity index (χ3v) is 3.74. The van der Waals surface area contributed by atoms with Crippen LogP contribution in [0.15, 0.2) is 47.1 Å². The molecule has 1 aromatic carbocycles. The summed E-state index contributed by atoms with van der Waals surface area (Å²) < 4.78 is 6.93. The van der Waals surface area contributed by atoms with Crippen LogP contribution >= 0.6 is 0 Å². The van der Waals surface area contributed by atoms with Gasteiger partial charge in [0.25, 0.3) is 5.91 Å². The van der Waals surface area contributed by atoms with Crippen LogP contribution in [-0.4, -0.2) is 28.8 Å². The maximum atomic E-state index is 12.2. The molecule has 0 spiro atoms. The summed E-state index contributed by atoms with van der Waals surface area (Å²) in [4.78, 5) is 35.3. The lowest BCUT2D eigenvalue weighted by Gasteiger charge is -2.08. The minimum Gasteiger partial charge on any atom is -0.463 e. The molecule has 8 nitrogen and oxygen atoms in total. The number of nitrogens with two attached hydrogens (primary N) is 1. The molecule has 0 saturated heterocycles. The standard InChI is InChI=1S/C17H16N4O4/c1-21-12-5-6-25-14(12)8-13(21)17(24)19-9-15(22)20-11-4-2-3-10(7-11)16(18)23/h2-8H,9H2,1H3,(H2,18,23)(H,19,24)(H,20,22). The number of hydrogen-bond donors (Lipinski definition) is 3. The Morgan fingerprint density at radius 2 is 2.00 bits per heavy atom. The molecule has 2 aromatic heterocycles. The van der Waals surface area contributed by atoms with E-state index in [1.165, 1.54) is 6.07 Å². The lowest BCUT2D eigenvalue weighted by molar-refractivity contribution is -0.115. The van der Waals surface area contributed by atoms with Crippen LogP contribution in [0.4, 0.5) is 5.69 Å². The van der Waals surface area contributed by atoms with Crippen molar-refractivity contribution in [1.29, 1.82) is 0 Å². The van der Waals surface area contributed by atoms with Gasteiger partial charge in [-0.3, -0.25) is 14.4 Å². The van der Waals surface area contributed by atoms with Crippen molar-refractivity contribution >= 4 is 34.5 Å². The normalized spacial score (nSPS) is 10.6. The molecule has 3 amide bonds. The largest absolute Gasteiger partial charge is 0.463 e. The van der Waals surface area contributed by atoms with Gasteiger partial charge < -0.3 is 25.4 Å². The van der Waals surface area contributed by atoms with E-state index in [1.807, 2.05) is 0 Å². The number of anilines is 1. The highest BCUT2D eigenvalue weighted by molar-refractivity contribution is 6.01. The Kier molecular flexibility index (Phi) is 4.25. The smallest absolute Gasteiger partial charge is 0.268 e. The number of primary amides is 1. The van der Waals surface area contributed by atoms with Crippen LogP contribution in [0.25, 0.3) is 11.1 Å². The average Bonchev–Trinajstić information content (AvgIpc) is 3.16. The monoisotopic (exact) mass is 340 g/mol. The van der Waals surface area contributed by atoms with Gasteiger partial charge in [0.15, 0.2) is 5.58 Å². The van der Waals surface area contributed by atoms with E-state index in [0.29, 0.717) is 17.0 Å². The second-order valence-electron chi connectivity index (χ2n) is 5.43. The lowest BCUT2D eigenvalue weighted by Crippen LogP contribution is -2.33. The van der Waals surface area contributed by atoms with Crippen molar-refractivity contribution in [2.24, 2.45) is 12.8 Å². The second-order valence-corrected chi connectivity index (χ2v) is 5.43. The Hall–Kier alpha value is -3.55. The Balaban J connectivity index is 1.61. The Labute approximate surface area is 142 Å². The zero-order chi connectivity index (χ0) is 18.0. The number of aryl methyl sites for hydroxylation is 1. The molecular weight excluding hydrogens is 324 g/mol. The molecule has 3 rings (SSSR count). The van der Waals surface area contributed by atoms with Crippen LogP contribution < -0.4 is 16.4 Å². The molecule has 128 valence electrons. The Bertz CT molecular complexity index is 970. The number of benzene rings is 1. The van der Waals surface area contributed by atoms with Crippen molar-refractivity contribution in [3.63, 3.8) is 0 Å². The first kappa shape index (κ1) is 16.3. The molecule has 2 heterocycles. The number of amides is 3. The van der Waals surface area contributed by atoms with E-state index in [0.717, 1.165) is 5.52 Å². The highest BCUT2D eigenvalue weighted by Crippen LogP contribution is 2.19. The van der Waals surface area contributed by atoms with Gasteiger partial charge in [0, 0.05) is 30.4 Å². The molecule has 0 unspecified atom stereocenters. The average molecular weight is 340 g/mol. The van der Waals surface area contributed by atoms with Gasteiger partial charge in [0.1, 0.15) is 5.69 Å². The van der Waals surface area contributed by atoms with E-state index in [4.69, 9.17) is 10.2 Å². The molecule has 0 fully saturated rings. The Morgan fingerprint density at radius 3 is 2.72 bits per heavy atom. The zero-order valence-corrected chi connectivity index (χ0v) is 13.4. The van der Waals surface area contributed by atoms with Gasteiger partial charge in [0.05, 0.1) is 18.3 Å². The molecule has 25 heavy (non-hydrogen) atoms. The van der Waals surface area contributed by atoms with Gasteiger partial charge in [-0.1, -0.05) is 6.07 Å². The first-order valence-corrected chi connectivity index (χ1v) is 7.46. The highest BCUT2D eigenvalue weighted by atomic mass is 16.3. The molecule has 0 saturated carbocycles. The lowest BCUT2D eigenvalue weighted by atomic mass is 10.2. The van der Waals surface area contributed by atoms with Gasteiger partial charge in [-0.2, -0.15) is 0 Å². The molecule has 4 N–H and O–H groups in total. The van der Waals surface area contributed by atoms with Crippen molar-refractivity contribution in [2.75, 3.05) is 11.9 Å². The summed E-state index contributed by atoms with van der Waals surface area (Å²) in [5.74, 6) is -1.40. The maximum absolute atomic E-state index is 12.2. The number of fused-ring (bicyclic) bond motifs is 1. The van der Waals surface area contributed by atoms with Crippen LogP contribution in [0, 0.1) is 0 Å². The predicted molar refractivity (Wildman–Crippen MR) is 91.1 cm³/mol. The summed E-state index contributed by atoms with van der Waals surface area (Å²) >= 11 is 0. The van der Waals surface area contributed by atoms with Gasteiger partial charge in [0.2, 0.25) is 11.8 Å². The van der Waals surface area contributed by atoms with Gasteiger partial charge in [-0.25, -0.2) is 0 Å². The van der Waals surface area contributed by atoms with E-state index >= 15 is 0 Å². The van der Waals surface area contributed by atoms with E-state index in [2.05, 4.69) is 10.6 Å². The number of carbonyl (C=O) groups is 3. The number of carbonyl (C=O) groups excluding carboxylic acids is 3. The number of rotatable bonds is 5. The minimum atomic E-state index is -0.586. The number of nitrogens with zero attached hydrogens (tertiary/aromatic N) is 1. The summed E-state index contributed by atoms with van der Waals surface area (Å²) in [6, 6.07) is 9.60. The molecule has 0 aliphatic heterocycles. The molecule has 8 heteroatoms. The molecule has 0 radical (unpaired) electrons. The van der Waals surface area contributed by atoms with Crippen molar-refractivity contribution in [2.45, 2.75) is 0 Å². The van der Waals surface area contributed by atoms with Crippen LogP contribution in [-0.2, 0) is 11.8 Å². The number of nitrogens with one attached hydrogen (secondary N) is 2. The fourth-order valence-corrected chi connectivity index (χ4v) is 2.47. The summed E-state index contributed by atoms with van der Waals surface area (Å²) in [7, 11) is 1.74. The van der Waals surface area contributed by atoms with Gasteiger partial charge in [-0.05, 0) is 18.2 Å². The maximum Gasteiger partial charge on any atom is 0.268 e. The third-order valence-electron chi connectivity index (χ3n) is 3.74. The number of hydrogen-bond acceptors (Lipinski definition) is 4. The topological polar surface area (TPSA) is 119 Å². The van der Waals surface area contributed by atoms with E-state index in [9.17, 15) is 14.4 Å². The highest BCUT2D eigenvalue weighted by Gasteiger charge is 2.16. The molecule has 3 aromatic rings. The fourth-order valence-electron chi connectivity index (χ4n) is 2.47. The molecule has 0 aliphatic carbocycles. The third kappa shape index (κ3) is 3.37. The SMILES string of the molecule is Cn1c(C(=O)NCC(=O)Nc2cccc(C(N)=O)c2)cc2occc21. The van der Waals surface area contributed by atoms with Crippen molar-refractivity contribution in [3.8, 4) is 0 Å².